The van der Waals surface area contributed by atoms with Crippen LogP contribution in [0.25, 0.3) is 0 Å². The van der Waals surface area contributed by atoms with Gasteiger partial charge in [0, 0.05) is 10.5 Å². The quantitative estimate of drug-likeness (QED) is 0.789. The van der Waals surface area contributed by atoms with Crippen LogP contribution < -0.4 is 5.32 Å². The largest absolute Gasteiger partial charge is 0.310 e. The van der Waals surface area contributed by atoms with E-state index in [1.807, 2.05) is 13.8 Å². The summed E-state index contributed by atoms with van der Waals surface area (Å²) in [7, 11) is 0. The molecule has 1 N–H and O–H groups in total. The van der Waals surface area contributed by atoms with E-state index in [4.69, 9.17) is 5.26 Å². The molecule has 1 aromatic carbocycles. The third-order valence-electron chi connectivity index (χ3n) is 3.10. The van der Waals surface area contributed by atoms with Crippen molar-refractivity contribution in [3.63, 3.8) is 0 Å². The SMILES string of the molecule is CC(NCCCC(C)(C)C#N)c1ccc(Br)cc1. The highest BCUT2D eigenvalue weighted by molar-refractivity contribution is 9.10. The Kier molecular flexibility index (Phi) is 5.84. The van der Waals surface area contributed by atoms with E-state index in [0.29, 0.717) is 6.04 Å². The van der Waals surface area contributed by atoms with Crippen LogP contribution in [0.1, 0.15) is 45.2 Å². The van der Waals surface area contributed by atoms with Crippen LogP contribution in [-0.4, -0.2) is 6.54 Å². The molecule has 0 radical (unpaired) electrons. The number of halogens is 1. The van der Waals surface area contributed by atoms with Gasteiger partial charge in [0.25, 0.3) is 0 Å². The maximum absolute atomic E-state index is 8.93. The topological polar surface area (TPSA) is 35.8 Å². The van der Waals surface area contributed by atoms with Crippen LogP contribution in [0.2, 0.25) is 0 Å². The third kappa shape index (κ3) is 5.20. The van der Waals surface area contributed by atoms with Gasteiger partial charge >= 0.3 is 0 Å². The second kappa shape index (κ2) is 6.92. The highest BCUT2D eigenvalue weighted by atomic mass is 79.9. The molecule has 1 aromatic rings. The maximum atomic E-state index is 8.93. The minimum atomic E-state index is -0.206. The van der Waals surface area contributed by atoms with Gasteiger partial charge in [0.2, 0.25) is 0 Å². The first-order valence-corrected chi connectivity index (χ1v) is 7.14. The number of nitrogens with one attached hydrogen (secondary N) is 1. The second-order valence-corrected chi connectivity index (χ2v) is 6.24. The molecule has 0 spiro atoms. The summed E-state index contributed by atoms with van der Waals surface area (Å²) in [6.07, 6.45) is 1.96. The number of hydrogen-bond acceptors (Lipinski definition) is 2. The fraction of sp³-hybridized carbons (Fsp3) is 0.533. The van der Waals surface area contributed by atoms with E-state index in [2.05, 4.69) is 58.5 Å². The lowest BCUT2D eigenvalue weighted by molar-refractivity contribution is 0.417. The summed E-state index contributed by atoms with van der Waals surface area (Å²) in [6, 6.07) is 11.1. The molecule has 0 amide bonds. The normalized spacial score (nSPS) is 13.1. The van der Waals surface area contributed by atoms with Gasteiger partial charge in [0.15, 0.2) is 0 Å². The fourth-order valence-corrected chi connectivity index (χ4v) is 2.04. The van der Waals surface area contributed by atoms with Crippen molar-refractivity contribution < 1.29 is 0 Å². The molecule has 2 nitrogen and oxygen atoms in total. The molecule has 3 heteroatoms. The molecule has 1 atom stereocenters. The maximum Gasteiger partial charge on any atom is 0.0683 e. The summed E-state index contributed by atoms with van der Waals surface area (Å²) in [5, 5.41) is 12.4. The summed E-state index contributed by atoms with van der Waals surface area (Å²) in [6.45, 7) is 7.09. The zero-order valence-corrected chi connectivity index (χ0v) is 12.9. The Morgan fingerprint density at radius 1 is 1.33 bits per heavy atom. The first-order chi connectivity index (χ1) is 8.44. The van der Waals surface area contributed by atoms with Crippen molar-refractivity contribution >= 4 is 15.9 Å². The molecule has 1 unspecified atom stereocenters. The van der Waals surface area contributed by atoms with E-state index < -0.39 is 0 Å². The van der Waals surface area contributed by atoms with Gasteiger partial charge in [-0.3, -0.25) is 0 Å². The van der Waals surface area contributed by atoms with Crippen molar-refractivity contribution in [3.8, 4) is 6.07 Å². The van der Waals surface area contributed by atoms with Crippen molar-refractivity contribution in [3.05, 3.63) is 34.3 Å². The molecule has 98 valence electrons. The standard InChI is InChI=1S/C15H21BrN2/c1-12(13-5-7-14(16)8-6-13)18-10-4-9-15(2,3)11-17/h5-8,12,18H,4,9-10H2,1-3H3. The minimum Gasteiger partial charge on any atom is -0.310 e. The molecule has 0 aliphatic carbocycles. The Labute approximate surface area is 119 Å². The number of hydrogen-bond donors (Lipinski definition) is 1. The van der Waals surface area contributed by atoms with E-state index >= 15 is 0 Å². The van der Waals surface area contributed by atoms with Crippen molar-refractivity contribution in [2.75, 3.05) is 6.54 Å². The van der Waals surface area contributed by atoms with E-state index in [1.165, 1.54) is 5.56 Å². The van der Waals surface area contributed by atoms with Gasteiger partial charge in [0.05, 0.1) is 11.5 Å². The second-order valence-electron chi connectivity index (χ2n) is 5.33. The van der Waals surface area contributed by atoms with Crippen LogP contribution in [0, 0.1) is 16.7 Å². The molecule has 0 aromatic heterocycles. The molecular weight excluding hydrogens is 288 g/mol. The zero-order valence-electron chi connectivity index (χ0n) is 11.3. The van der Waals surface area contributed by atoms with Crippen LogP contribution in [0.5, 0.6) is 0 Å². The van der Waals surface area contributed by atoms with Crippen LogP contribution >= 0.6 is 15.9 Å². The monoisotopic (exact) mass is 308 g/mol. The molecule has 0 fully saturated rings. The van der Waals surface area contributed by atoms with Gasteiger partial charge in [0.1, 0.15) is 0 Å². The van der Waals surface area contributed by atoms with Crippen molar-refractivity contribution in [1.82, 2.24) is 5.32 Å². The summed E-state index contributed by atoms with van der Waals surface area (Å²) < 4.78 is 1.11. The Morgan fingerprint density at radius 2 is 1.94 bits per heavy atom. The fourth-order valence-electron chi connectivity index (χ4n) is 1.77. The highest BCUT2D eigenvalue weighted by Crippen LogP contribution is 2.21. The molecule has 0 aliphatic rings. The summed E-state index contributed by atoms with van der Waals surface area (Å²) in [4.78, 5) is 0. The minimum absolute atomic E-state index is 0.206. The molecule has 1 rings (SSSR count). The van der Waals surface area contributed by atoms with E-state index in [1.54, 1.807) is 0 Å². The van der Waals surface area contributed by atoms with Gasteiger partial charge in [-0.25, -0.2) is 0 Å². The highest BCUT2D eigenvalue weighted by Gasteiger charge is 2.15. The first kappa shape index (κ1) is 15.2. The van der Waals surface area contributed by atoms with Gasteiger partial charge in [-0.1, -0.05) is 28.1 Å². The summed E-state index contributed by atoms with van der Waals surface area (Å²) in [5.74, 6) is 0. The molecule has 0 saturated carbocycles. The Bertz CT molecular complexity index is 403. The Balaban J connectivity index is 2.32. The smallest absolute Gasteiger partial charge is 0.0683 e. The number of rotatable bonds is 6. The van der Waals surface area contributed by atoms with E-state index in [0.717, 1.165) is 23.9 Å². The average Bonchev–Trinajstić information content (AvgIpc) is 2.35. The van der Waals surface area contributed by atoms with Crippen LogP contribution in [0.3, 0.4) is 0 Å². The lowest BCUT2D eigenvalue weighted by Gasteiger charge is -2.17. The number of nitrogens with zero attached hydrogens (tertiary/aromatic N) is 1. The molecule has 0 aliphatic heterocycles. The van der Waals surface area contributed by atoms with Gasteiger partial charge < -0.3 is 5.32 Å². The number of benzene rings is 1. The van der Waals surface area contributed by atoms with Crippen molar-refractivity contribution in [1.29, 1.82) is 5.26 Å². The van der Waals surface area contributed by atoms with Crippen LogP contribution in [0.4, 0.5) is 0 Å². The molecule has 0 bridgehead atoms. The molecular formula is C15H21BrN2. The zero-order chi connectivity index (χ0) is 13.6. The Hall–Kier alpha value is -0.850. The summed E-state index contributed by atoms with van der Waals surface area (Å²) >= 11 is 3.44. The first-order valence-electron chi connectivity index (χ1n) is 6.35. The van der Waals surface area contributed by atoms with E-state index in [9.17, 15) is 0 Å². The van der Waals surface area contributed by atoms with Crippen molar-refractivity contribution in [2.24, 2.45) is 5.41 Å². The summed E-state index contributed by atoms with van der Waals surface area (Å²) in [5.41, 5.74) is 1.08. The average molecular weight is 309 g/mol. The van der Waals surface area contributed by atoms with Gasteiger partial charge in [-0.15, -0.1) is 0 Å². The predicted molar refractivity (Wildman–Crippen MR) is 79.2 cm³/mol. The van der Waals surface area contributed by atoms with Gasteiger partial charge in [-0.05, 0) is 57.9 Å². The van der Waals surface area contributed by atoms with Crippen molar-refractivity contribution in [2.45, 2.75) is 39.7 Å². The number of nitriles is 1. The third-order valence-corrected chi connectivity index (χ3v) is 3.63. The van der Waals surface area contributed by atoms with Crippen LogP contribution in [0.15, 0.2) is 28.7 Å². The molecule has 0 heterocycles. The lowest BCUT2D eigenvalue weighted by Crippen LogP contribution is -2.21. The molecule has 0 saturated heterocycles. The predicted octanol–water partition coefficient (Wildman–Crippen LogP) is 4.43. The van der Waals surface area contributed by atoms with Crippen LogP contribution in [-0.2, 0) is 0 Å². The van der Waals surface area contributed by atoms with E-state index in [-0.39, 0.29) is 5.41 Å². The van der Waals surface area contributed by atoms with Gasteiger partial charge in [-0.2, -0.15) is 5.26 Å². The lowest BCUT2D eigenvalue weighted by atomic mass is 9.90. The molecule has 18 heavy (non-hydrogen) atoms. The Morgan fingerprint density at radius 3 is 2.50 bits per heavy atom.